The van der Waals surface area contributed by atoms with E-state index < -0.39 is 10.0 Å². The number of hydrogen-bond acceptors (Lipinski definition) is 4. The fraction of sp³-hybridized carbons (Fsp3) is 0.429. The van der Waals surface area contributed by atoms with Crippen LogP contribution in [-0.2, 0) is 10.0 Å². The second-order valence-corrected chi connectivity index (χ2v) is 6.31. The zero-order valence-electron chi connectivity index (χ0n) is 11.6. The van der Waals surface area contributed by atoms with E-state index in [0.717, 1.165) is 0 Å². The van der Waals surface area contributed by atoms with Gasteiger partial charge in [0.05, 0.1) is 11.5 Å². The van der Waals surface area contributed by atoms with Crippen LogP contribution in [0, 0.1) is 11.8 Å². The van der Waals surface area contributed by atoms with E-state index in [9.17, 15) is 8.42 Å². The topological polar surface area (TPSA) is 77.8 Å². The molecule has 0 radical (unpaired) electrons. The fourth-order valence-electron chi connectivity index (χ4n) is 1.74. The third-order valence-corrected chi connectivity index (χ3v) is 4.76. The lowest BCUT2D eigenvalue weighted by Crippen LogP contribution is -2.38. The molecule has 0 spiro atoms. The molecule has 0 heterocycles. The summed E-state index contributed by atoms with van der Waals surface area (Å²) in [5, 5.41) is 17.6. The minimum absolute atomic E-state index is 0.0616. The van der Waals surface area contributed by atoms with Crippen LogP contribution in [0.15, 0.2) is 29.2 Å². The Labute approximate surface area is 119 Å². The number of hydrogen-bond donors (Lipinski definition) is 2. The summed E-state index contributed by atoms with van der Waals surface area (Å²) in [5.74, 6) is 5.20. The van der Waals surface area contributed by atoms with Crippen molar-refractivity contribution in [2.75, 3.05) is 19.8 Å². The zero-order valence-corrected chi connectivity index (χ0v) is 12.4. The molecule has 0 bridgehead atoms. The third-order valence-electron chi connectivity index (χ3n) is 2.67. The summed E-state index contributed by atoms with van der Waals surface area (Å²) < 4.78 is 26.1. The van der Waals surface area contributed by atoms with Crippen LogP contribution in [0.5, 0.6) is 0 Å². The molecule has 0 amide bonds. The molecule has 0 saturated carbocycles. The molecule has 20 heavy (non-hydrogen) atoms. The highest BCUT2D eigenvalue weighted by Gasteiger charge is 2.26. The summed E-state index contributed by atoms with van der Waals surface area (Å²) in [7, 11) is -3.62. The summed E-state index contributed by atoms with van der Waals surface area (Å²) >= 11 is 0. The molecule has 0 fully saturated rings. The van der Waals surface area contributed by atoms with Crippen LogP contribution >= 0.6 is 0 Å². The molecule has 110 valence electrons. The molecular formula is C14H19NO4S. The number of aliphatic hydroxyl groups excluding tert-OH is 2. The van der Waals surface area contributed by atoms with E-state index in [1.807, 2.05) is 0 Å². The predicted molar refractivity (Wildman–Crippen MR) is 76.5 cm³/mol. The molecule has 0 aliphatic carbocycles. The summed E-state index contributed by atoms with van der Waals surface area (Å²) in [4.78, 5) is 0.161. The Morgan fingerprint density at radius 3 is 2.25 bits per heavy atom. The zero-order chi connectivity index (χ0) is 15.2. The van der Waals surface area contributed by atoms with Gasteiger partial charge in [0.2, 0.25) is 10.0 Å². The first kappa shape index (κ1) is 16.7. The van der Waals surface area contributed by atoms with Gasteiger partial charge in [0, 0.05) is 18.2 Å². The average Bonchev–Trinajstić information content (AvgIpc) is 2.42. The van der Waals surface area contributed by atoms with Crippen molar-refractivity contribution < 1.29 is 18.6 Å². The number of nitrogens with zero attached hydrogens (tertiary/aromatic N) is 1. The number of sulfonamides is 1. The van der Waals surface area contributed by atoms with Gasteiger partial charge in [-0.25, -0.2) is 8.42 Å². The average molecular weight is 297 g/mol. The molecule has 1 aromatic rings. The standard InChI is InChI=1S/C14H19NO4S/c1-12(2)15(9-11-17)20(18,19)14-7-5-13(6-8-14)4-3-10-16/h5-8,12,16-17H,9-11H2,1-2H3. The Balaban J connectivity index is 3.08. The van der Waals surface area contributed by atoms with Gasteiger partial charge in [-0.05, 0) is 38.1 Å². The maximum absolute atomic E-state index is 12.4. The largest absolute Gasteiger partial charge is 0.395 e. The van der Waals surface area contributed by atoms with Crippen molar-refractivity contribution in [1.82, 2.24) is 4.31 Å². The quantitative estimate of drug-likeness (QED) is 0.772. The first-order chi connectivity index (χ1) is 9.43. The van der Waals surface area contributed by atoms with E-state index in [1.165, 1.54) is 16.4 Å². The molecule has 5 nitrogen and oxygen atoms in total. The highest BCUT2D eigenvalue weighted by atomic mass is 32.2. The van der Waals surface area contributed by atoms with Crippen molar-refractivity contribution in [2.24, 2.45) is 0 Å². The van der Waals surface area contributed by atoms with Crippen molar-refractivity contribution in [3.63, 3.8) is 0 Å². The van der Waals surface area contributed by atoms with Crippen molar-refractivity contribution in [2.45, 2.75) is 24.8 Å². The molecule has 0 aliphatic heterocycles. The summed E-state index contributed by atoms with van der Waals surface area (Å²) in [6, 6.07) is 5.90. The van der Waals surface area contributed by atoms with E-state index in [-0.39, 0.29) is 30.7 Å². The Hall–Kier alpha value is -1.39. The molecule has 0 atom stereocenters. The number of rotatable bonds is 5. The van der Waals surface area contributed by atoms with E-state index in [2.05, 4.69) is 11.8 Å². The molecule has 0 saturated heterocycles. The van der Waals surface area contributed by atoms with Crippen molar-refractivity contribution in [1.29, 1.82) is 0 Å². The van der Waals surface area contributed by atoms with Gasteiger partial charge in [0.15, 0.2) is 0 Å². The molecular weight excluding hydrogens is 278 g/mol. The fourth-order valence-corrected chi connectivity index (χ4v) is 3.37. The monoisotopic (exact) mass is 297 g/mol. The maximum Gasteiger partial charge on any atom is 0.243 e. The summed E-state index contributed by atoms with van der Waals surface area (Å²) in [5.41, 5.74) is 0.635. The normalized spacial score (nSPS) is 11.5. The molecule has 0 unspecified atom stereocenters. The van der Waals surface area contributed by atoms with Crippen LogP contribution < -0.4 is 0 Å². The molecule has 2 N–H and O–H groups in total. The van der Waals surface area contributed by atoms with Gasteiger partial charge in [-0.15, -0.1) is 0 Å². The summed E-state index contributed by atoms with van der Waals surface area (Å²) in [6.45, 7) is 3.11. The van der Waals surface area contributed by atoms with E-state index in [1.54, 1.807) is 26.0 Å². The van der Waals surface area contributed by atoms with E-state index >= 15 is 0 Å². The minimum Gasteiger partial charge on any atom is -0.395 e. The Bertz CT molecular complexity index is 582. The number of aliphatic hydroxyl groups is 2. The first-order valence-corrected chi connectivity index (χ1v) is 7.70. The Morgan fingerprint density at radius 2 is 1.80 bits per heavy atom. The predicted octanol–water partition coefficient (Wildman–Crippen LogP) is 0.422. The lowest BCUT2D eigenvalue weighted by atomic mass is 10.2. The Morgan fingerprint density at radius 1 is 1.20 bits per heavy atom. The highest BCUT2D eigenvalue weighted by molar-refractivity contribution is 7.89. The van der Waals surface area contributed by atoms with Crippen molar-refractivity contribution >= 4 is 10.0 Å². The van der Waals surface area contributed by atoms with Crippen LogP contribution in [0.3, 0.4) is 0 Å². The Kier molecular flexibility index (Phi) is 6.17. The second kappa shape index (κ2) is 7.41. The van der Waals surface area contributed by atoms with Gasteiger partial charge in [0.25, 0.3) is 0 Å². The van der Waals surface area contributed by atoms with Gasteiger partial charge >= 0.3 is 0 Å². The van der Waals surface area contributed by atoms with Crippen LogP contribution in [0.4, 0.5) is 0 Å². The van der Waals surface area contributed by atoms with E-state index in [0.29, 0.717) is 5.56 Å². The number of benzene rings is 1. The van der Waals surface area contributed by atoms with Crippen LogP contribution in [-0.4, -0.2) is 48.7 Å². The first-order valence-electron chi connectivity index (χ1n) is 6.26. The van der Waals surface area contributed by atoms with Crippen LogP contribution in [0.1, 0.15) is 19.4 Å². The van der Waals surface area contributed by atoms with Gasteiger partial charge in [-0.3, -0.25) is 0 Å². The molecule has 0 aliphatic rings. The molecule has 1 aromatic carbocycles. The molecule has 0 aromatic heterocycles. The summed E-state index contributed by atoms with van der Waals surface area (Å²) in [6.07, 6.45) is 0. The van der Waals surface area contributed by atoms with Gasteiger partial charge in [0.1, 0.15) is 6.61 Å². The molecule has 1 rings (SSSR count). The maximum atomic E-state index is 12.4. The highest BCUT2D eigenvalue weighted by Crippen LogP contribution is 2.18. The van der Waals surface area contributed by atoms with Crippen molar-refractivity contribution in [3.05, 3.63) is 29.8 Å². The van der Waals surface area contributed by atoms with Gasteiger partial charge in [-0.2, -0.15) is 4.31 Å². The van der Waals surface area contributed by atoms with Crippen LogP contribution in [0.2, 0.25) is 0 Å². The molecule has 6 heteroatoms. The SMILES string of the molecule is CC(C)N(CCO)S(=O)(=O)c1ccc(C#CCO)cc1. The lowest BCUT2D eigenvalue weighted by Gasteiger charge is -2.25. The third kappa shape index (κ3) is 4.05. The van der Waals surface area contributed by atoms with E-state index in [4.69, 9.17) is 10.2 Å². The lowest BCUT2D eigenvalue weighted by molar-refractivity contribution is 0.236. The second-order valence-electron chi connectivity index (χ2n) is 4.42. The van der Waals surface area contributed by atoms with Gasteiger partial charge < -0.3 is 10.2 Å². The van der Waals surface area contributed by atoms with Crippen LogP contribution in [0.25, 0.3) is 0 Å². The van der Waals surface area contributed by atoms with Gasteiger partial charge in [-0.1, -0.05) is 11.8 Å². The minimum atomic E-state index is -3.62. The van der Waals surface area contributed by atoms with Crippen molar-refractivity contribution in [3.8, 4) is 11.8 Å². The smallest absolute Gasteiger partial charge is 0.243 e.